The minimum absolute atomic E-state index is 0.171. The first-order valence-electron chi connectivity index (χ1n) is 7.65. The molecule has 0 aliphatic heterocycles. The maximum Gasteiger partial charge on any atom is 0.123 e. The van der Waals surface area contributed by atoms with E-state index < -0.39 is 0 Å². The molecule has 1 aromatic rings. The Labute approximate surface area is 122 Å². The first kappa shape index (κ1) is 15.3. The molecule has 1 N–H and O–H groups in total. The first-order valence-corrected chi connectivity index (χ1v) is 7.65. The summed E-state index contributed by atoms with van der Waals surface area (Å²) in [5.41, 5.74) is 1.09. The smallest absolute Gasteiger partial charge is 0.123 e. The summed E-state index contributed by atoms with van der Waals surface area (Å²) in [5, 5.41) is 3.49. The van der Waals surface area contributed by atoms with Crippen molar-refractivity contribution >= 4 is 5.69 Å². The van der Waals surface area contributed by atoms with E-state index in [-0.39, 0.29) is 5.82 Å². The molecule has 0 aromatic heterocycles. The fourth-order valence-electron chi connectivity index (χ4n) is 3.67. The van der Waals surface area contributed by atoms with Gasteiger partial charge in [0.1, 0.15) is 5.82 Å². The standard InChI is InChI=1S/C17H27FN2/c1-12-9-13(2)16(17(10-12)19-3)11-20(4)15-7-5-14(18)6-8-15/h5-8,12-13,16-17,19H,9-11H2,1-4H3. The Balaban J connectivity index is 2.05. The van der Waals surface area contributed by atoms with Gasteiger partial charge in [0.05, 0.1) is 0 Å². The van der Waals surface area contributed by atoms with Crippen molar-refractivity contribution < 1.29 is 4.39 Å². The third kappa shape index (κ3) is 3.51. The van der Waals surface area contributed by atoms with E-state index in [4.69, 9.17) is 0 Å². The number of anilines is 1. The zero-order valence-electron chi connectivity index (χ0n) is 13.1. The van der Waals surface area contributed by atoms with E-state index in [0.29, 0.717) is 12.0 Å². The van der Waals surface area contributed by atoms with Gasteiger partial charge in [-0.15, -0.1) is 0 Å². The summed E-state index contributed by atoms with van der Waals surface area (Å²) in [7, 11) is 4.17. The van der Waals surface area contributed by atoms with Crippen molar-refractivity contribution in [3.8, 4) is 0 Å². The van der Waals surface area contributed by atoms with E-state index >= 15 is 0 Å². The van der Waals surface area contributed by atoms with Crippen LogP contribution >= 0.6 is 0 Å². The van der Waals surface area contributed by atoms with Crippen LogP contribution in [0.3, 0.4) is 0 Å². The van der Waals surface area contributed by atoms with E-state index in [0.717, 1.165) is 24.1 Å². The van der Waals surface area contributed by atoms with Crippen LogP contribution in [0.1, 0.15) is 26.7 Å². The van der Waals surface area contributed by atoms with Gasteiger partial charge in [-0.2, -0.15) is 0 Å². The topological polar surface area (TPSA) is 15.3 Å². The van der Waals surface area contributed by atoms with Crippen LogP contribution in [0.5, 0.6) is 0 Å². The quantitative estimate of drug-likeness (QED) is 0.906. The van der Waals surface area contributed by atoms with E-state index in [1.165, 1.54) is 25.0 Å². The molecule has 0 heterocycles. The van der Waals surface area contributed by atoms with Crippen LogP contribution in [0.25, 0.3) is 0 Å². The van der Waals surface area contributed by atoms with Gasteiger partial charge in [-0.1, -0.05) is 13.8 Å². The molecule has 0 bridgehead atoms. The molecule has 0 amide bonds. The van der Waals surface area contributed by atoms with Crippen LogP contribution in [0.4, 0.5) is 10.1 Å². The maximum absolute atomic E-state index is 13.0. The molecule has 0 spiro atoms. The highest BCUT2D eigenvalue weighted by Gasteiger charge is 2.33. The Hall–Kier alpha value is -1.09. The first-order chi connectivity index (χ1) is 9.51. The highest BCUT2D eigenvalue weighted by molar-refractivity contribution is 5.45. The Morgan fingerprint density at radius 1 is 1.20 bits per heavy atom. The van der Waals surface area contributed by atoms with Gasteiger partial charge in [0.2, 0.25) is 0 Å². The zero-order chi connectivity index (χ0) is 14.7. The Morgan fingerprint density at radius 2 is 1.85 bits per heavy atom. The van der Waals surface area contributed by atoms with Gasteiger partial charge in [0.15, 0.2) is 0 Å². The Kier molecular flexibility index (Phi) is 5.03. The third-order valence-electron chi connectivity index (χ3n) is 4.80. The van der Waals surface area contributed by atoms with Crippen LogP contribution < -0.4 is 10.2 Å². The van der Waals surface area contributed by atoms with Crippen molar-refractivity contribution in [2.75, 3.05) is 25.5 Å². The van der Waals surface area contributed by atoms with E-state index in [1.807, 2.05) is 12.1 Å². The summed E-state index contributed by atoms with van der Waals surface area (Å²) in [5.74, 6) is 2.00. The number of nitrogens with zero attached hydrogens (tertiary/aromatic N) is 1. The van der Waals surface area contributed by atoms with E-state index in [1.54, 1.807) is 0 Å². The van der Waals surface area contributed by atoms with Gasteiger partial charge in [-0.25, -0.2) is 4.39 Å². The molecule has 4 atom stereocenters. The maximum atomic E-state index is 13.0. The van der Waals surface area contributed by atoms with Crippen molar-refractivity contribution in [2.45, 2.75) is 32.7 Å². The fourth-order valence-corrected chi connectivity index (χ4v) is 3.67. The van der Waals surface area contributed by atoms with Crippen molar-refractivity contribution in [1.82, 2.24) is 5.32 Å². The molecule has 20 heavy (non-hydrogen) atoms. The Bertz CT molecular complexity index is 418. The minimum Gasteiger partial charge on any atom is -0.374 e. The van der Waals surface area contributed by atoms with Crippen molar-refractivity contribution in [1.29, 1.82) is 0 Å². The molecule has 4 unspecified atom stereocenters. The lowest BCUT2D eigenvalue weighted by Gasteiger charge is -2.41. The van der Waals surface area contributed by atoms with Gasteiger partial charge in [-0.3, -0.25) is 0 Å². The molecule has 112 valence electrons. The predicted octanol–water partition coefficient (Wildman–Crippen LogP) is 3.53. The summed E-state index contributed by atoms with van der Waals surface area (Å²) in [6.07, 6.45) is 2.56. The SMILES string of the molecule is CNC1CC(C)CC(C)C1CN(C)c1ccc(F)cc1. The second-order valence-corrected chi connectivity index (χ2v) is 6.47. The fraction of sp³-hybridized carbons (Fsp3) is 0.647. The summed E-state index contributed by atoms with van der Waals surface area (Å²) in [6.45, 7) is 5.73. The molecular weight excluding hydrogens is 251 g/mol. The molecule has 1 fully saturated rings. The highest BCUT2D eigenvalue weighted by Crippen LogP contribution is 2.34. The number of benzene rings is 1. The van der Waals surface area contributed by atoms with E-state index in [2.05, 4.69) is 38.2 Å². The van der Waals surface area contributed by atoms with Crippen molar-refractivity contribution in [3.05, 3.63) is 30.1 Å². The lowest BCUT2D eigenvalue weighted by Crippen LogP contribution is -2.47. The average Bonchev–Trinajstić information content (AvgIpc) is 2.42. The number of nitrogens with one attached hydrogen (secondary N) is 1. The minimum atomic E-state index is -0.171. The number of halogens is 1. The molecule has 1 aliphatic rings. The largest absolute Gasteiger partial charge is 0.374 e. The monoisotopic (exact) mass is 278 g/mol. The number of hydrogen-bond acceptors (Lipinski definition) is 2. The molecule has 1 aliphatic carbocycles. The van der Waals surface area contributed by atoms with Crippen LogP contribution in [-0.2, 0) is 0 Å². The van der Waals surface area contributed by atoms with Crippen LogP contribution in [0, 0.1) is 23.6 Å². The van der Waals surface area contributed by atoms with Gasteiger partial charge in [-0.05, 0) is 61.9 Å². The second kappa shape index (κ2) is 6.57. The third-order valence-corrected chi connectivity index (χ3v) is 4.80. The van der Waals surface area contributed by atoms with Gasteiger partial charge in [0, 0.05) is 25.3 Å². The van der Waals surface area contributed by atoms with Gasteiger partial charge in [0.25, 0.3) is 0 Å². The molecule has 0 saturated heterocycles. The number of hydrogen-bond donors (Lipinski definition) is 1. The summed E-state index contributed by atoms with van der Waals surface area (Å²) in [6, 6.07) is 7.37. The normalized spacial score (nSPS) is 30.2. The molecule has 1 aromatic carbocycles. The highest BCUT2D eigenvalue weighted by atomic mass is 19.1. The van der Waals surface area contributed by atoms with E-state index in [9.17, 15) is 4.39 Å². The molecule has 2 nitrogen and oxygen atoms in total. The zero-order valence-corrected chi connectivity index (χ0v) is 13.1. The molecule has 1 saturated carbocycles. The molecule has 3 heteroatoms. The number of rotatable bonds is 4. The summed E-state index contributed by atoms with van der Waals surface area (Å²) in [4.78, 5) is 2.25. The van der Waals surface area contributed by atoms with Crippen molar-refractivity contribution in [2.24, 2.45) is 17.8 Å². The van der Waals surface area contributed by atoms with Crippen LogP contribution in [0.2, 0.25) is 0 Å². The van der Waals surface area contributed by atoms with Crippen LogP contribution in [-0.4, -0.2) is 26.7 Å². The van der Waals surface area contributed by atoms with Gasteiger partial charge < -0.3 is 10.2 Å². The molecular formula is C17H27FN2. The average molecular weight is 278 g/mol. The van der Waals surface area contributed by atoms with Crippen molar-refractivity contribution in [3.63, 3.8) is 0 Å². The summed E-state index contributed by atoms with van der Waals surface area (Å²) < 4.78 is 13.0. The van der Waals surface area contributed by atoms with Crippen LogP contribution in [0.15, 0.2) is 24.3 Å². The second-order valence-electron chi connectivity index (χ2n) is 6.47. The lowest BCUT2D eigenvalue weighted by molar-refractivity contribution is 0.158. The molecule has 2 rings (SSSR count). The lowest BCUT2D eigenvalue weighted by atomic mass is 9.72. The molecule has 0 radical (unpaired) electrons. The predicted molar refractivity (Wildman–Crippen MR) is 83.6 cm³/mol. The Morgan fingerprint density at radius 3 is 2.45 bits per heavy atom. The summed E-state index contributed by atoms with van der Waals surface area (Å²) >= 11 is 0. The van der Waals surface area contributed by atoms with Gasteiger partial charge >= 0.3 is 0 Å².